The molecule has 0 radical (unpaired) electrons. The molecule has 1 saturated heterocycles. The van der Waals surface area contributed by atoms with Crippen LogP contribution in [0.25, 0.3) is 0 Å². The van der Waals surface area contributed by atoms with Gasteiger partial charge in [-0.1, -0.05) is 13.0 Å². The van der Waals surface area contributed by atoms with Gasteiger partial charge in [0.15, 0.2) is 0 Å². The van der Waals surface area contributed by atoms with E-state index in [1.807, 2.05) is 0 Å². The van der Waals surface area contributed by atoms with Crippen molar-refractivity contribution >= 4 is 0 Å². The van der Waals surface area contributed by atoms with Crippen molar-refractivity contribution in [3.8, 4) is 5.75 Å². The van der Waals surface area contributed by atoms with Crippen LogP contribution in [0.2, 0.25) is 0 Å². The molecule has 1 N–H and O–H groups in total. The summed E-state index contributed by atoms with van der Waals surface area (Å²) in [4.78, 5) is 0. The van der Waals surface area contributed by atoms with Gasteiger partial charge in [-0.2, -0.15) is 0 Å². The highest BCUT2D eigenvalue weighted by Crippen LogP contribution is 2.32. The molecule has 2 rings (SSSR count). The Morgan fingerprint density at radius 3 is 2.56 bits per heavy atom. The Labute approximate surface area is 98.0 Å². The Morgan fingerprint density at radius 2 is 2.00 bits per heavy atom. The molecule has 0 unspecified atom stereocenters. The van der Waals surface area contributed by atoms with Crippen molar-refractivity contribution in [2.24, 2.45) is 5.92 Å². The fraction of sp³-hybridized carbons (Fsp3) is 0.571. The molecule has 2 heteroatoms. The van der Waals surface area contributed by atoms with Crippen molar-refractivity contribution in [1.82, 2.24) is 5.32 Å². The molecular formula is C14H21NO. The van der Waals surface area contributed by atoms with Gasteiger partial charge in [-0.05, 0) is 55.5 Å². The maximum absolute atomic E-state index is 5.34. The third-order valence-electron chi connectivity index (χ3n) is 3.51. The Bertz CT molecular complexity index is 387. The third-order valence-corrected chi connectivity index (χ3v) is 3.51. The molecule has 1 aliphatic heterocycles. The highest BCUT2D eigenvalue weighted by Gasteiger charge is 2.23. The summed E-state index contributed by atoms with van der Waals surface area (Å²) in [5, 5.41) is 3.59. The second-order valence-corrected chi connectivity index (χ2v) is 4.98. The van der Waals surface area contributed by atoms with Crippen LogP contribution < -0.4 is 10.1 Å². The van der Waals surface area contributed by atoms with Gasteiger partial charge in [0.25, 0.3) is 0 Å². The zero-order chi connectivity index (χ0) is 11.7. The number of hydrogen-bond acceptors (Lipinski definition) is 2. The van der Waals surface area contributed by atoms with E-state index in [1.54, 1.807) is 7.11 Å². The molecule has 1 aromatic rings. The van der Waals surface area contributed by atoms with Crippen molar-refractivity contribution < 1.29 is 4.74 Å². The van der Waals surface area contributed by atoms with Crippen LogP contribution in [-0.4, -0.2) is 13.7 Å². The Hall–Kier alpha value is -1.02. The summed E-state index contributed by atoms with van der Waals surface area (Å²) in [6.45, 7) is 7.72. The van der Waals surface area contributed by atoms with Crippen LogP contribution in [0.15, 0.2) is 12.1 Å². The van der Waals surface area contributed by atoms with E-state index in [2.05, 4.69) is 38.2 Å². The van der Waals surface area contributed by atoms with E-state index < -0.39 is 0 Å². The zero-order valence-electron chi connectivity index (χ0n) is 10.6. The van der Waals surface area contributed by atoms with Crippen molar-refractivity contribution in [3.05, 3.63) is 28.8 Å². The summed E-state index contributed by atoms with van der Waals surface area (Å²) < 4.78 is 5.34. The Balaban J connectivity index is 2.31. The molecule has 1 aliphatic rings. The molecule has 0 aliphatic carbocycles. The second kappa shape index (κ2) is 4.46. The van der Waals surface area contributed by atoms with Gasteiger partial charge in [0.05, 0.1) is 7.11 Å². The van der Waals surface area contributed by atoms with Gasteiger partial charge in [0, 0.05) is 6.04 Å². The average Bonchev–Trinajstić information content (AvgIpc) is 2.67. The predicted octanol–water partition coefficient (Wildman–Crippen LogP) is 2.98. The summed E-state index contributed by atoms with van der Waals surface area (Å²) in [6, 6.07) is 4.94. The summed E-state index contributed by atoms with van der Waals surface area (Å²) in [5.41, 5.74) is 3.99. The minimum Gasteiger partial charge on any atom is -0.496 e. The van der Waals surface area contributed by atoms with Gasteiger partial charge in [-0.15, -0.1) is 0 Å². The number of ether oxygens (including phenoxy) is 1. The fourth-order valence-corrected chi connectivity index (χ4v) is 2.56. The minimum atomic E-state index is 0.527. The first-order chi connectivity index (χ1) is 7.61. The smallest absolute Gasteiger partial charge is 0.122 e. The molecular weight excluding hydrogens is 198 g/mol. The van der Waals surface area contributed by atoms with Gasteiger partial charge in [-0.25, -0.2) is 0 Å². The van der Waals surface area contributed by atoms with E-state index in [4.69, 9.17) is 4.74 Å². The summed E-state index contributed by atoms with van der Waals surface area (Å²) >= 11 is 0. The van der Waals surface area contributed by atoms with E-state index in [9.17, 15) is 0 Å². The highest BCUT2D eigenvalue weighted by atomic mass is 16.5. The topological polar surface area (TPSA) is 21.3 Å². The fourth-order valence-electron chi connectivity index (χ4n) is 2.56. The Kier molecular flexibility index (Phi) is 3.20. The molecule has 0 aromatic heterocycles. The number of hydrogen-bond donors (Lipinski definition) is 1. The van der Waals surface area contributed by atoms with Gasteiger partial charge in [0.1, 0.15) is 5.75 Å². The number of methoxy groups -OCH3 is 1. The molecule has 1 heterocycles. The van der Waals surface area contributed by atoms with E-state index in [-0.39, 0.29) is 0 Å². The summed E-state index contributed by atoms with van der Waals surface area (Å²) in [7, 11) is 1.73. The quantitative estimate of drug-likeness (QED) is 0.825. The third kappa shape index (κ3) is 2.07. The van der Waals surface area contributed by atoms with Crippen molar-refractivity contribution in [3.63, 3.8) is 0 Å². The van der Waals surface area contributed by atoms with Gasteiger partial charge >= 0.3 is 0 Å². The summed E-state index contributed by atoms with van der Waals surface area (Å²) in [6.07, 6.45) is 1.24. The number of benzene rings is 1. The lowest BCUT2D eigenvalue weighted by atomic mass is 9.95. The van der Waals surface area contributed by atoms with E-state index in [0.717, 1.165) is 18.2 Å². The lowest BCUT2D eigenvalue weighted by molar-refractivity contribution is 0.411. The van der Waals surface area contributed by atoms with Crippen LogP contribution >= 0.6 is 0 Å². The lowest BCUT2D eigenvalue weighted by Gasteiger charge is -2.16. The number of aryl methyl sites for hydroxylation is 2. The molecule has 0 amide bonds. The number of nitrogens with one attached hydrogen (secondary N) is 1. The predicted molar refractivity (Wildman–Crippen MR) is 67.0 cm³/mol. The van der Waals surface area contributed by atoms with E-state index in [0.29, 0.717) is 6.04 Å². The van der Waals surface area contributed by atoms with Gasteiger partial charge < -0.3 is 10.1 Å². The molecule has 0 saturated carbocycles. The van der Waals surface area contributed by atoms with Crippen LogP contribution in [0.1, 0.15) is 36.1 Å². The average molecular weight is 219 g/mol. The standard InChI is InChI=1S/C14H21NO/c1-9-5-13(15-8-9)12-6-11(3)14(16-4)7-10(12)2/h6-7,9,13,15H,5,8H2,1-4H3/t9-,13-/m1/s1. The molecule has 1 fully saturated rings. The van der Waals surface area contributed by atoms with Crippen LogP contribution in [-0.2, 0) is 0 Å². The molecule has 1 aromatic carbocycles. The minimum absolute atomic E-state index is 0.527. The largest absolute Gasteiger partial charge is 0.496 e. The van der Waals surface area contributed by atoms with Gasteiger partial charge in [0.2, 0.25) is 0 Å². The molecule has 2 atom stereocenters. The Morgan fingerprint density at radius 1 is 1.25 bits per heavy atom. The SMILES string of the molecule is COc1cc(C)c([C@H]2C[C@@H](C)CN2)cc1C. The van der Waals surface area contributed by atoms with Crippen LogP contribution in [0.4, 0.5) is 0 Å². The van der Waals surface area contributed by atoms with Gasteiger partial charge in [-0.3, -0.25) is 0 Å². The molecule has 16 heavy (non-hydrogen) atoms. The lowest BCUT2D eigenvalue weighted by Crippen LogP contribution is -2.14. The molecule has 0 spiro atoms. The van der Waals surface area contributed by atoms with Crippen LogP contribution in [0.3, 0.4) is 0 Å². The summed E-state index contributed by atoms with van der Waals surface area (Å²) in [5.74, 6) is 1.78. The van der Waals surface area contributed by atoms with Crippen molar-refractivity contribution in [1.29, 1.82) is 0 Å². The first-order valence-corrected chi connectivity index (χ1v) is 6.00. The first-order valence-electron chi connectivity index (χ1n) is 6.00. The first kappa shape index (κ1) is 11.5. The monoisotopic (exact) mass is 219 g/mol. The second-order valence-electron chi connectivity index (χ2n) is 4.98. The highest BCUT2D eigenvalue weighted by molar-refractivity contribution is 5.43. The van der Waals surface area contributed by atoms with Crippen LogP contribution in [0.5, 0.6) is 5.75 Å². The maximum atomic E-state index is 5.34. The normalized spacial score (nSPS) is 24.8. The molecule has 88 valence electrons. The maximum Gasteiger partial charge on any atom is 0.122 e. The van der Waals surface area contributed by atoms with E-state index >= 15 is 0 Å². The van der Waals surface area contributed by atoms with E-state index in [1.165, 1.54) is 23.1 Å². The number of rotatable bonds is 2. The molecule has 0 bridgehead atoms. The molecule has 2 nitrogen and oxygen atoms in total. The van der Waals surface area contributed by atoms with Crippen molar-refractivity contribution in [2.75, 3.05) is 13.7 Å². The van der Waals surface area contributed by atoms with Crippen LogP contribution in [0, 0.1) is 19.8 Å². The van der Waals surface area contributed by atoms with Crippen molar-refractivity contribution in [2.45, 2.75) is 33.2 Å². The zero-order valence-corrected chi connectivity index (χ0v) is 10.6.